The Morgan fingerprint density at radius 1 is 1.19 bits per heavy atom. The summed E-state index contributed by atoms with van der Waals surface area (Å²) in [5, 5.41) is 17.3. The first-order valence-corrected chi connectivity index (χ1v) is 6.31. The Hall–Kier alpha value is -0.970. The summed E-state index contributed by atoms with van der Waals surface area (Å²) in [5.41, 5.74) is 0. The molecule has 0 saturated heterocycles. The van der Waals surface area contributed by atoms with Crippen LogP contribution in [0.2, 0.25) is 0 Å². The molecule has 0 aliphatic heterocycles. The van der Waals surface area contributed by atoms with Gasteiger partial charge in [0.1, 0.15) is 0 Å². The molecule has 0 bridgehead atoms. The molecule has 0 saturated carbocycles. The Bertz CT molecular complexity index is 247. The number of H-pyrrole nitrogens is 1. The molecule has 0 amide bonds. The minimum absolute atomic E-state index is 0.189. The largest absolute Gasteiger partial charge is 0.307 e. The summed E-state index contributed by atoms with van der Waals surface area (Å²) in [4.78, 5) is 0. The fourth-order valence-corrected chi connectivity index (χ4v) is 1.67. The van der Waals surface area contributed by atoms with Gasteiger partial charge in [-0.3, -0.25) is 0 Å². The smallest absolute Gasteiger partial charge is 0.191 e. The van der Waals surface area contributed by atoms with E-state index in [1.54, 1.807) is 0 Å². The molecule has 0 spiro atoms. The average Bonchev–Trinajstić information content (AvgIpc) is 2.81. The van der Waals surface area contributed by atoms with Crippen LogP contribution in [-0.2, 0) is 0 Å². The molecule has 5 heteroatoms. The minimum Gasteiger partial charge on any atom is -0.307 e. The number of unbranched alkanes of at least 4 members (excludes halogenated alkanes) is 5. The quantitative estimate of drug-likeness (QED) is 0.632. The number of aromatic amines is 1. The number of nitrogens with one attached hydrogen (secondary N) is 2. The first-order chi connectivity index (χ1) is 7.84. The molecule has 0 fully saturated rings. The van der Waals surface area contributed by atoms with E-state index in [2.05, 4.69) is 39.8 Å². The number of hydrogen-bond acceptors (Lipinski definition) is 4. The van der Waals surface area contributed by atoms with E-state index in [4.69, 9.17) is 0 Å². The highest BCUT2D eigenvalue weighted by atomic mass is 15.5. The fraction of sp³-hybridized carbons (Fsp3) is 0.909. The van der Waals surface area contributed by atoms with E-state index in [-0.39, 0.29) is 6.04 Å². The summed E-state index contributed by atoms with van der Waals surface area (Å²) in [5.74, 6) is 0.742. The Balaban J connectivity index is 1.95. The first-order valence-electron chi connectivity index (χ1n) is 6.31. The van der Waals surface area contributed by atoms with Crippen molar-refractivity contribution in [3.05, 3.63) is 5.82 Å². The standard InChI is InChI=1S/C11H23N5/c1-3-4-5-6-7-8-9-12-10(2)11-13-15-16-14-11/h10,12H,3-9H2,1-2H3,(H,13,14,15,16). The summed E-state index contributed by atoms with van der Waals surface area (Å²) < 4.78 is 0. The third-order valence-electron chi connectivity index (χ3n) is 2.73. The predicted octanol–water partition coefficient (Wildman–Crippen LogP) is 2.21. The molecule has 0 aromatic carbocycles. The van der Waals surface area contributed by atoms with Gasteiger partial charge in [0.15, 0.2) is 5.82 Å². The zero-order valence-corrected chi connectivity index (χ0v) is 10.4. The van der Waals surface area contributed by atoms with Gasteiger partial charge in [0, 0.05) is 0 Å². The first kappa shape index (κ1) is 13.1. The number of aromatic nitrogens is 4. The lowest BCUT2D eigenvalue weighted by Crippen LogP contribution is -2.20. The van der Waals surface area contributed by atoms with E-state index < -0.39 is 0 Å². The van der Waals surface area contributed by atoms with Crippen LogP contribution >= 0.6 is 0 Å². The van der Waals surface area contributed by atoms with E-state index in [9.17, 15) is 0 Å². The molecule has 1 rings (SSSR count). The zero-order valence-electron chi connectivity index (χ0n) is 10.4. The summed E-state index contributed by atoms with van der Waals surface area (Å²) >= 11 is 0. The van der Waals surface area contributed by atoms with Gasteiger partial charge < -0.3 is 5.32 Å². The molecule has 0 aliphatic carbocycles. The maximum atomic E-state index is 3.95. The van der Waals surface area contributed by atoms with Crippen molar-refractivity contribution in [2.24, 2.45) is 0 Å². The van der Waals surface area contributed by atoms with Crippen molar-refractivity contribution in [2.75, 3.05) is 6.54 Å². The van der Waals surface area contributed by atoms with Gasteiger partial charge >= 0.3 is 0 Å². The third kappa shape index (κ3) is 5.21. The van der Waals surface area contributed by atoms with Gasteiger partial charge in [-0.05, 0) is 19.9 Å². The van der Waals surface area contributed by atoms with Crippen LogP contribution < -0.4 is 5.32 Å². The zero-order chi connectivity index (χ0) is 11.6. The van der Waals surface area contributed by atoms with Crippen LogP contribution in [-0.4, -0.2) is 27.2 Å². The lowest BCUT2D eigenvalue weighted by Gasteiger charge is -2.09. The Morgan fingerprint density at radius 2 is 1.94 bits per heavy atom. The van der Waals surface area contributed by atoms with Crippen molar-refractivity contribution >= 4 is 0 Å². The average molecular weight is 225 g/mol. The Kier molecular flexibility index (Phi) is 6.72. The molecular formula is C11H23N5. The molecule has 16 heavy (non-hydrogen) atoms. The highest BCUT2D eigenvalue weighted by Gasteiger charge is 2.07. The maximum absolute atomic E-state index is 3.95. The molecule has 0 radical (unpaired) electrons. The number of tetrazole rings is 1. The lowest BCUT2D eigenvalue weighted by molar-refractivity contribution is 0.512. The summed E-state index contributed by atoms with van der Waals surface area (Å²) in [7, 11) is 0. The van der Waals surface area contributed by atoms with Gasteiger partial charge in [0.2, 0.25) is 0 Å². The molecule has 1 unspecified atom stereocenters. The molecule has 0 aliphatic rings. The Morgan fingerprint density at radius 3 is 2.62 bits per heavy atom. The molecule has 2 N–H and O–H groups in total. The van der Waals surface area contributed by atoms with Crippen LogP contribution in [0.5, 0.6) is 0 Å². The number of nitrogens with zero attached hydrogens (tertiary/aromatic N) is 3. The van der Waals surface area contributed by atoms with Gasteiger partial charge in [-0.15, -0.1) is 10.2 Å². The molecule has 92 valence electrons. The molecule has 1 atom stereocenters. The van der Waals surface area contributed by atoms with E-state index in [1.165, 1.54) is 38.5 Å². The summed E-state index contributed by atoms with van der Waals surface area (Å²) in [6.07, 6.45) is 7.95. The second-order valence-corrected chi connectivity index (χ2v) is 4.21. The third-order valence-corrected chi connectivity index (χ3v) is 2.73. The molecule has 1 heterocycles. The summed E-state index contributed by atoms with van der Waals surface area (Å²) in [6.45, 7) is 5.33. The highest BCUT2D eigenvalue weighted by Crippen LogP contribution is 2.06. The summed E-state index contributed by atoms with van der Waals surface area (Å²) in [6, 6.07) is 0.189. The SMILES string of the molecule is CCCCCCCCNC(C)c1nn[nH]n1. The molecule has 5 nitrogen and oxygen atoms in total. The van der Waals surface area contributed by atoms with Crippen molar-refractivity contribution in [2.45, 2.75) is 58.4 Å². The van der Waals surface area contributed by atoms with Crippen LogP contribution in [0.25, 0.3) is 0 Å². The van der Waals surface area contributed by atoms with Crippen molar-refractivity contribution in [3.8, 4) is 0 Å². The lowest BCUT2D eigenvalue weighted by atomic mass is 10.1. The van der Waals surface area contributed by atoms with Crippen LogP contribution in [0.3, 0.4) is 0 Å². The van der Waals surface area contributed by atoms with Gasteiger partial charge in [-0.25, -0.2) is 0 Å². The van der Waals surface area contributed by atoms with E-state index >= 15 is 0 Å². The molecular weight excluding hydrogens is 202 g/mol. The fourth-order valence-electron chi connectivity index (χ4n) is 1.67. The highest BCUT2D eigenvalue weighted by molar-refractivity contribution is 4.85. The van der Waals surface area contributed by atoms with Crippen molar-refractivity contribution in [3.63, 3.8) is 0 Å². The molecule has 1 aromatic heterocycles. The second kappa shape index (κ2) is 8.21. The van der Waals surface area contributed by atoms with Crippen LogP contribution in [0.15, 0.2) is 0 Å². The van der Waals surface area contributed by atoms with Crippen LogP contribution in [0.1, 0.15) is 64.2 Å². The van der Waals surface area contributed by atoms with Gasteiger partial charge in [0.25, 0.3) is 0 Å². The van der Waals surface area contributed by atoms with Crippen molar-refractivity contribution in [1.29, 1.82) is 0 Å². The Labute approximate surface area is 97.4 Å². The van der Waals surface area contributed by atoms with Gasteiger partial charge in [-0.1, -0.05) is 44.2 Å². The van der Waals surface area contributed by atoms with Gasteiger partial charge in [-0.2, -0.15) is 5.21 Å². The minimum atomic E-state index is 0.189. The van der Waals surface area contributed by atoms with Crippen LogP contribution in [0, 0.1) is 0 Å². The normalized spacial score (nSPS) is 12.9. The number of hydrogen-bond donors (Lipinski definition) is 2. The number of rotatable bonds is 9. The monoisotopic (exact) mass is 225 g/mol. The van der Waals surface area contributed by atoms with E-state index in [1.807, 2.05) is 0 Å². The van der Waals surface area contributed by atoms with Crippen LogP contribution in [0.4, 0.5) is 0 Å². The van der Waals surface area contributed by atoms with E-state index in [0.717, 1.165) is 12.4 Å². The maximum Gasteiger partial charge on any atom is 0.191 e. The van der Waals surface area contributed by atoms with E-state index in [0.29, 0.717) is 0 Å². The second-order valence-electron chi connectivity index (χ2n) is 4.21. The van der Waals surface area contributed by atoms with Gasteiger partial charge in [0.05, 0.1) is 6.04 Å². The topological polar surface area (TPSA) is 66.5 Å². The predicted molar refractivity (Wildman–Crippen MR) is 64.0 cm³/mol. The van der Waals surface area contributed by atoms with Crippen molar-refractivity contribution in [1.82, 2.24) is 25.9 Å². The molecule has 1 aromatic rings. The van der Waals surface area contributed by atoms with Crippen molar-refractivity contribution < 1.29 is 0 Å².